The van der Waals surface area contributed by atoms with Gasteiger partial charge >= 0.3 is 0 Å². The first-order chi connectivity index (χ1) is 10.2. The zero-order valence-corrected chi connectivity index (χ0v) is 14.1. The molecular weight excluding hydrogens is 284 g/mol. The Morgan fingerprint density at radius 2 is 1.95 bits per heavy atom. The summed E-state index contributed by atoms with van der Waals surface area (Å²) in [7, 11) is 0. The molecule has 1 fully saturated rings. The van der Waals surface area contributed by atoms with Crippen molar-refractivity contribution in [2.75, 3.05) is 44.2 Å². The lowest BCUT2D eigenvalue weighted by molar-refractivity contribution is 0.0739. The quantitative estimate of drug-likeness (QED) is 0.873. The summed E-state index contributed by atoms with van der Waals surface area (Å²) in [4.78, 5) is 22.5. The lowest BCUT2D eigenvalue weighted by atomic mass is 10.2. The Labute approximate surface area is 131 Å². The largest absolute Gasteiger partial charge is 0.349 e. The van der Waals surface area contributed by atoms with E-state index in [4.69, 9.17) is 4.98 Å². The van der Waals surface area contributed by atoms with Crippen molar-refractivity contribution in [1.82, 2.24) is 15.2 Å². The maximum atomic E-state index is 12.8. The van der Waals surface area contributed by atoms with Crippen LogP contribution in [-0.2, 0) is 6.42 Å². The summed E-state index contributed by atoms with van der Waals surface area (Å²) in [6.07, 6.45) is 1.90. The van der Waals surface area contributed by atoms with Crippen molar-refractivity contribution < 1.29 is 4.79 Å². The molecule has 1 aromatic rings. The van der Waals surface area contributed by atoms with Gasteiger partial charge in [0.25, 0.3) is 5.91 Å². The van der Waals surface area contributed by atoms with Crippen molar-refractivity contribution in [2.45, 2.75) is 33.6 Å². The third-order valence-corrected chi connectivity index (χ3v) is 4.95. The fourth-order valence-electron chi connectivity index (χ4n) is 2.55. The summed E-state index contributed by atoms with van der Waals surface area (Å²) in [5.74, 6) is 0.163. The van der Waals surface area contributed by atoms with Crippen LogP contribution in [-0.4, -0.2) is 55.1 Å². The molecule has 118 valence electrons. The first-order valence-electron chi connectivity index (χ1n) is 7.95. The van der Waals surface area contributed by atoms with E-state index in [0.29, 0.717) is 0 Å². The van der Waals surface area contributed by atoms with Gasteiger partial charge in [-0.25, -0.2) is 4.98 Å². The molecule has 6 heteroatoms. The zero-order chi connectivity index (χ0) is 15.2. The van der Waals surface area contributed by atoms with Gasteiger partial charge in [-0.2, -0.15) is 0 Å². The molecule has 0 unspecified atom stereocenters. The van der Waals surface area contributed by atoms with Gasteiger partial charge in [-0.05, 0) is 20.3 Å². The number of piperazine rings is 1. The van der Waals surface area contributed by atoms with E-state index >= 15 is 0 Å². The molecule has 21 heavy (non-hydrogen) atoms. The maximum Gasteiger partial charge on any atom is 0.266 e. The molecule has 2 heterocycles. The first-order valence-corrected chi connectivity index (χ1v) is 8.77. The van der Waals surface area contributed by atoms with Gasteiger partial charge in [-0.3, -0.25) is 4.79 Å². The number of aryl methyl sites for hydroxylation is 1. The van der Waals surface area contributed by atoms with Gasteiger partial charge in [0.1, 0.15) is 4.88 Å². The second kappa shape index (κ2) is 7.75. The molecule has 0 spiro atoms. The van der Waals surface area contributed by atoms with E-state index in [1.165, 1.54) is 0 Å². The van der Waals surface area contributed by atoms with E-state index in [1.807, 2.05) is 4.90 Å². The molecule has 1 aliphatic rings. The van der Waals surface area contributed by atoms with Crippen LogP contribution in [0.25, 0.3) is 0 Å². The van der Waals surface area contributed by atoms with E-state index in [0.717, 1.165) is 67.8 Å². The molecule has 2 rings (SSSR count). The smallest absolute Gasteiger partial charge is 0.266 e. The van der Waals surface area contributed by atoms with E-state index in [2.05, 4.69) is 31.0 Å². The molecular formula is C15H26N4OS. The monoisotopic (exact) mass is 310 g/mol. The number of hydrogen-bond acceptors (Lipinski definition) is 5. The Kier molecular flexibility index (Phi) is 5.99. The van der Waals surface area contributed by atoms with Gasteiger partial charge in [0.2, 0.25) is 0 Å². The molecule has 1 saturated heterocycles. The van der Waals surface area contributed by atoms with Gasteiger partial charge in [-0.1, -0.05) is 24.7 Å². The number of nitrogens with one attached hydrogen (secondary N) is 1. The van der Waals surface area contributed by atoms with E-state index in [1.54, 1.807) is 11.3 Å². The Morgan fingerprint density at radius 1 is 1.29 bits per heavy atom. The van der Waals surface area contributed by atoms with Crippen molar-refractivity contribution in [3.63, 3.8) is 0 Å². The highest BCUT2D eigenvalue weighted by Gasteiger charge is 2.25. The van der Waals surface area contributed by atoms with Crippen LogP contribution in [0.5, 0.6) is 0 Å². The van der Waals surface area contributed by atoms with E-state index < -0.39 is 0 Å². The van der Waals surface area contributed by atoms with E-state index in [-0.39, 0.29) is 5.91 Å². The number of amides is 1. The Bertz CT molecular complexity index is 464. The molecule has 1 amide bonds. The van der Waals surface area contributed by atoms with Crippen LogP contribution >= 0.6 is 11.3 Å². The summed E-state index contributed by atoms with van der Waals surface area (Å²) in [6, 6.07) is 0. The normalized spacial score (nSPS) is 15.3. The Morgan fingerprint density at radius 3 is 2.52 bits per heavy atom. The molecule has 1 aliphatic heterocycles. The third-order valence-electron chi connectivity index (χ3n) is 3.81. The molecule has 5 nitrogen and oxygen atoms in total. The van der Waals surface area contributed by atoms with Gasteiger partial charge in [0.05, 0.1) is 5.69 Å². The molecule has 0 aliphatic carbocycles. The first kappa shape index (κ1) is 16.2. The number of aromatic nitrogens is 1. The number of carbonyl (C=O) groups is 1. The van der Waals surface area contributed by atoms with Gasteiger partial charge in [-0.15, -0.1) is 0 Å². The van der Waals surface area contributed by atoms with Gasteiger partial charge in [0.15, 0.2) is 5.13 Å². The Balaban J connectivity index is 2.25. The summed E-state index contributed by atoms with van der Waals surface area (Å²) in [5, 5.41) is 4.28. The highest BCUT2D eigenvalue weighted by molar-refractivity contribution is 7.17. The molecule has 1 N–H and O–H groups in total. The van der Waals surface area contributed by atoms with Crippen LogP contribution in [0.2, 0.25) is 0 Å². The zero-order valence-electron chi connectivity index (χ0n) is 13.3. The molecule has 0 saturated carbocycles. The number of rotatable bonds is 6. The SMILES string of the molecule is CCCc1nc(N(CC)CC)sc1C(=O)N1CCNCC1. The van der Waals surface area contributed by atoms with Crippen LogP contribution in [0.15, 0.2) is 0 Å². The lowest BCUT2D eigenvalue weighted by Gasteiger charge is -2.27. The van der Waals surface area contributed by atoms with Crippen LogP contribution in [0, 0.1) is 0 Å². The lowest BCUT2D eigenvalue weighted by Crippen LogP contribution is -2.46. The minimum absolute atomic E-state index is 0.163. The molecule has 0 radical (unpaired) electrons. The molecule has 0 bridgehead atoms. The van der Waals surface area contributed by atoms with Crippen LogP contribution in [0.1, 0.15) is 42.6 Å². The van der Waals surface area contributed by atoms with Crippen molar-refractivity contribution >= 4 is 22.4 Å². The minimum atomic E-state index is 0.163. The fraction of sp³-hybridized carbons (Fsp3) is 0.733. The van der Waals surface area contributed by atoms with Gasteiger partial charge < -0.3 is 15.1 Å². The standard InChI is InChI=1S/C15H26N4OS/c1-4-7-12-13(14(20)19-10-8-16-9-11-19)21-15(17-12)18(5-2)6-3/h16H,4-11H2,1-3H3. The predicted molar refractivity (Wildman–Crippen MR) is 88.4 cm³/mol. The number of hydrogen-bond donors (Lipinski definition) is 1. The van der Waals surface area contributed by atoms with Crippen molar-refractivity contribution in [2.24, 2.45) is 0 Å². The van der Waals surface area contributed by atoms with Crippen molar-refractivity contribution in [1.29, 1.82) is 0 Å². The highest BCUT2D eigenvalue weighted by Crippen LogP contribution is 2.28. The summed E-state index contributed by atoms with van der Waals surface area (Å²) >= 11 is 1.56. The predicted octanol–water partition coefficient (Wildman–Crippen LogP) is 1.99. The topological polar surface area (TPSA) is 48.5 Å². The van der Waals surface area contributed by atoms with Crippen molar-refractivity contribution in [3.8, 4) is 0 Å². The number of nitrogens with zero attached hydrogens (tertiary/aromatic N) is 3. The van der Waals surface area contributed by atoms with Crippen molar-refractivity contribution in [3.05, 3.63) is 10.6 Å². The van der Waals surface area contributed by atoms with Gasteiger partial charge in [0, 0.05) is 39.3 Å². The van der Waals surface area contributed by atoms with E-state index in [9.17, 15) is 4.79 Å². The molecule has 0 aromatic carbocycles. The number of thiazole rings is 1. The second-order valence-corrected chi connectivity index (χ2v) is 6.21. The van der Waals surface area contributed by atoms with Crippen LogP contribution in [0.3, 0.4) is 0 Å². The third kappa shape index (κ3) is 3.74. The summed E-state index contributed by atoms with van der Waals surface area (Å²) < 4.78 is 0. The summed E-state index contributed by atoms with van der Waals surface area (Å²) in [5.41, 5.74) is 0.980. The number of anilines is 1. The second-order valence-electron chi connectivity index (χ2n) is 5.24. The molecule has 0 atom stereocenters. The average Bonchev–Trinajstić information content (AvgIpc) is 2.93. The number of carbonyl (C=O) groups excluding carboxylic acids is 1. The fourth-order valence-corrected chi connectivity index (χ4v) is 3.76. The maximum absolute atomic E-state index is 12.8. The summed E-state index contributed by atoms with van der Waals surface area (Å²) in [6.45, 7) is 11.6. The minimum Gasteiger partial charge on any atom is -0.349 e. The van der Waals surface area contributed by atoms with Crippen LogP contribution in [0.4, 0.5) is 5.13 Å². The average molecular weight is 310 g/mol. The highest BCUT2D eigenvalue weighted by atomic mass is 32.1. The Hall–Kier alpha value is -1.14. The molecule has 1 aromatic heterocycles. The van der Waals surface area contributed by atoms with Crippen LogP contribution < -0.4 is 10.2 Å².